The smallest absolute Gasteiger partial charge is 0.310 e. The molecule has 4 rings (SSSR count). The molecular formula is C25H26N4O6S2. The molecular weight excluding hydrogens is 516 g/mol. The lowest BCUT2D eigenvalue weighted by Gasteiger charge is -2.18. The second-order valence-corrected chi connectivity index (χ2v) is 12.1. The molecule has 2 atom stereocenters. The van der Waals surface area contributed by atoms with E-state index in [1.807, 2.05) is 0 Å². The van der Waals surface area contributed by atoms with Crippen LogP contribution in [0.25, 0.3) is 11.1 Å². The average Bonchev–Trinajstić information content (AvgIpc) is 3.34. The minimum Gasteiger partial charge on any atom is -0.469 e. The Morgan fingerprint density at radius 1 is 0.973 bits per heavy atom. The van der Waals surface area contributed by atoms with Crippen LogP contribution in [0, 0.1) is 11.3 Å². The van der Waals surface area contributed by atoms with Crippen molar-refractivity contribution in [3.63, 3.8) is 0 Å². The third-order valence-electron chi connectivity index (χ3n) is 6.41. The van der Waals surface area contributed by atoms with Crippen LogP contribution in [0.3, 0.4) is 0 Å². The van der Waals surface area contributed by atoms with Crippen molar-refractivity contribution in [3.05, 3.63) is 83.9 Å². The second-order valence-electron chi connectivity index (χ2n) is 8.66. The number of primary sulfonamides is 1. The van der Waals surface area contributed by atoms with E-state index in [2.05, 4.69) is 0 Å². The lowest BCUT2D eigenvalue weighted by molar-refractivity contribution is -0.145. The Bertz CT molecular complexity index is 1570. The normalized spacial score (nSPS) is 18.4. The fourth-order valence-electron chi connectivity index (χ4n) is 4.54. The molecule has 3 aromatic carbocycles. The highest BCUT2D eigenvalue weighted by atomic mass is 32.2. The number of amidine groups is 1. The second kappa shape index (κ2) is 10.1. The van der Waals surface area contributed by atoms with E-state index < -0.39 is 37.9 Å². The van der Waals surface area contributed by atoms with Crippen molar-refractivity contribution in [2.75, 3.05) is 20.2 Å². The molecule has 12 heteroatoms. The highest BCUT2D eigenvalue weighted by molar-refractivity contribution is 7.89. The van der Waals surface area contributed by atoms with Crippen molar-refractivity contribution in [2.45, 2.75) is 15.7 Å². The summed E-state index contributed by atoms with van der Waals surface area (Å²) in [6, 6.07) is 18.8. The molecule has 3 aromatic rings. The number of methoxy groups -OCH3 is 1. The monoisotopic (exact) mass is 542 g/mol. The van der Waals surface area contributed by atoms with Crippen molar-refractivity contribution >= 4 is 31.9 Å². The topological polar surface area (TPSA) is 174 Å². The fraction of sp³-hybridized carbons (Fsp3) is 0.200. The quantitative estimate of drug-likeness (QED) is 0.232. The highest BCUT2D eigenvalue weighted by Crippen LogP contribution is 2.37. The largest absolute Gasteiger partial charge is 0.469 e. The first-order valence-corrected chi connectivity index (χ1v) is 14.2. The summed E-state index contributed by atoms with van der Waals surface area (Å²) in [5.74, 6) is -1.92. The van der Waals surface area contributed by atoms with Gasteiger partial charge in [0.1, 0.15) is 5.84 Å². The number of carbonyl (C=O) groups is 1. The summed E-state index contributed by atoms with van der Waals surface area (Å²) in [7, 11) is -6.73. The Morgan fingerprint density at radius 3 is 2.27 bits per heavy atom. The highest BCUT2D eigenvalue weighted by Gasteiger charge is 2.44. The maximum Gasteiger partial charge on any atom is 0.310 e. The van der Waals surface area contributed by atoms with E-state index in [9.17, 15) is 21.6 Å². The third-order valence-corrected chi connectivity index (χ3v) is 9.23. The Morgan fingerprint density at radius 2 is 1.65 bits per heavy atom. The number of carbonyl (C=O) groups excluding carboxylic acids is 1. The molecule has 1 aliphatic rings. The number of hydrogen-bond donors (Lipinski definition) is 3. The summed E-state index contributed by atoms with van der Waals surface area (Å²) < 4.78 is 57.1. The maximum absolute atomic E-state index is 13.5. The van der Waals surface area contributed by atoms with Gasteiger partial charge >= 0.3 is 5.97 Å². The van der Waals surface area contributed by atoms with Gasteiger partial charge in [-0.2, -0.15) is 4.31 Å². The van der Waals surface area contributed by atoms with Gasteiger partial charge in [-0.25, -0.2) is 22.0 Å². The van der Waals surface area contributed by atoms with Crippen LogP contribution in [0.5, 0.6) is 0 Å². The van der Waals surface area contributed by atoms with Gasteiger partial charge in [0.15, 0.2) is 0 Å². The van der Waals surface area contributed by atoms with Gasteiger partial charge in [0.25, 0.3) is 0 Å². The number of ether oxygens (including phenoxy) is 1. The standard InChI is InChI=1S/C25H26N4O6S2/c1-35-25(30)22-15-29(14-21(22)17-5-4-6-18(13-17)24(26)27)37(33,34)19-11-9-16(10-12-19)20-7-2-3-8-23(20)36(28,31)32/h2-13,21-22H,14-15H2,1H3,(H3,26,27)(H2,28,31,32)/t21-,22+/m1/s1. The molecule has 1 fully saturated rings. The summed E-state index contributed by atoms with van der Waals surface area (Å²) in [5, 5.41) is 13.0. The first-order valence-electron chi connectivity index (χ1n) is 11.2. The van der Waals surface area contributed by atoms with Crippen molar-refractivity contribution in [1.82, 2.24) is 4.31 Å². The van der Waals surface area contributed by atoms with Crippen LogP contribution >= 0.6 is 0 Å². The molecule has 5 N–H and O–H groups in total. The van der Waals surface area contributed by atoms with E-state index in [0.717, 1.165) is 0 Å². The van der Waals surface area contributed by atoms with Crippen LogP contribution in [0.2, 0.25) is 0 Å². The Hall–Kier alpha value is -3.58. The van der Waals surface area contributed by atoms with Crippen LogP contribution in [0.4, 0.5) is 0 Å². The van der Waals surface area contributed by atoms with Gasteiger partial charge in [0, 0.05) is 30.1 Å². The lowest BCUT2D eigenvalue weighted by Crippen LogP contribution is -2.30. The van der Waals surface area contributed by atoms with Crippen molar-refractivity contribution < 1.29 is 26.4 Å². The molecule has 0 spiro atoms. The Labute approximate surface area is 215 Å². The van der Waals surface area contributed by atoms with E-state index in [1.165, 1.54) is 41.7 Å². The first kappa shape index (κ1) is 26.5. The van der Waals surface area contributed by atoms with Crippen LogP contribution < -0.4 is 10.9 Å². The zero-order valence-corrected chi connectivity index (χ0v) is 21.5. The maximum atomic E-state index is 13.5. The molecule has 0 aromatic heterocycles. The third kappa shape index (κ3) is 5.27. The minimum atomic E-state index is -4.00. The average molecular weight is 543 g/mol. The molecule has 0 unspecified atom stereocenters. The number of sulfonamides is 2. The zero-order chi connectivity index (χ0) is 27.0. The number of nitrogens with one attached hydrogen (secondary N) is 1. The van der Waals surface area contributed by atoms with Gasteiger partial charge < -0.3 is 10.5 Å². The van der Waals surface area contributed by atoms with Crippen LogP contribution in [-0.2, 0) is 29.6 Å². The van der Waals surface area contributed by atoms with Crippen molar-refractivity contribution in [3.8, 4) is 11.1 Å². The molecule has 0 amide bonds. The van der Waals surface area contributed by atoms with Crippen LogP contribution in [-0.4, -0.2) is 53.1 Å². The molecule has 0 aliphatic carbocycles. The van der Waals surface area contributed by atoms with Crippen LogP contribution in [0.1, 0.15) is 17.0 Å². The number of benzene rings is 3. The van der Waals surface area contributed by atoms with E-state index >= 15 is 0 Å². The van der Waals surface area contributed by atoms with Gasteiger partial charge in [-0.15, -0.1) is 0 Å². The van der Waals surface area contributed by atoms with Crippen LogP contribution in [0.15, 0.2) is 82.6 Å². The fourth-order valence-corrected chi connectivity index (χ4v) is 6.79. The number of esters is 1. The van der Waals surface area contributed by atoms with Crippen molar-refractivity contribution in [1.29, 1.82) is 5.41 Å². The number of hydrogen-bond acceptors (Lipinski definition) is 7. The molecule has 194 valence electrons. The Kier molecular flexibility index (Phi) is 7.20. The molecule has 0 bridgehead atoms. The van der Waals surface area contributed by atoms with Gasteiger partial charge in [-0.05, 0) is 35.4 Å². The zero-order valence-electron chi connectivity index (χ0n) is 19.9. The number of rotatable bonds is 7. The summed E-state index contributed by atoms with van der Waals surface area (Å²) in [4.78, 5) is 12.5. The lowest BCUT2D eigenvalue weighted by atomic mass is 9.88. The molecule has 1 aliphatic heterocycles. The van der Waals surface area contributed by atoms with E-state index in [-0.39, 0.29) is 28.7 Å². The summed E-state index contributed by atoms with van der Waals surface area (Å²) in [6.07, 6.45) is 0. The van der Waals surface area contributed by atoms with Gasteiger partial charge in [-0.3, -0.25) is 10.2 Å². The molecule has 0 saturated carbocycles. The van der Waals surface area contributed by atoms with Gasteiger partial charge in [0.05, 0.1) is 22.8 Å². The molecule has 10 nitrogen and oxygen atoms in total. The van der Waals surface area contributed by atoms with E-state index in [0.29, 0.717) is 22.3 Å². The molecule has 0 radical (unpaired) electrons. The predicted molar refractivity (Wildman–Crippen MR) is 138 cm³/mol. The summed E-state index contributed by atoms with van der Waals surface area (Å²) >= 11 is 0. The van der Waals surface area contributed by atoms with E-state index in [4.69, 9.17) is 21.0 Å². The van der Waals surface area contributed by atoms with Crippen molar-refractivity contribution in [2.24, 2.45) is 16.8 Å². The van der Waals surface area contributed by atoms with Gasteiger partial charge in [0.2, 0.25) is 20.0 Å². The molecule has 1 saturated heterocycles. The van der Waals surface area contributed by atoms with Gasteiger partial charge in [-0.1, -0.05) is 48.5 Å². The van der Waals surface area contributed by atoms with E-state index in [1.54, 1.807) is 42.5 Å². The SMILES string of the molecule is COC(=O)[C@H]1CN(S(=O)(=O)c2ccc(-c3ccccc3S(N)(=O)=O)cc2)C[C@@H]1c1cccc(C(=N)N)c1. The summed E-state index contributed by atoms with van der Waals surface area (Å²) in [6.45, 7) is -0.0561. The number of nitrogens with zero attached hydrogens (tertiary/aromatic N) is 1. The number of nitrogen functional groups attached to an aromatic ring is 1. The molecule has 37 heavy (non-hydrogen) atoms. The molecule has 1 heterocycles. The minimum absolute atomic E-state index is 0.00825. The first-order chi connectivity index (χ1) is 17.4. The predicted octanol–water partition coefficient (Wildman–Crippen LogP) is 1.86. The number of nitrogens with two attached hydrogens (primary N) is 2. The summed E-state index contributed by atoms with van der Waals surface area (Å²) in [5.41, 5.74) is 7.59. The Balaban J connectivity index is 1.66.